The van der Waals surface area contributed by atoms with Crippen molar-refractivity contribution in [2.75, 3.05) is 11.9 Å². The Kier molecular flexibility index (Phi) is 4.57. The minimum atomic E-state index is -1.01. The maximum atomic E-state index is 12.0. The Bertz CT molecular complexity index is 787. The molecule has 3 rings (SSSR count). The Morgan fingerprint density at radius 3 is 2.75 bits per heavy atom. The van der Waals surface area contributed by atoms with Crippen LogP contribution in [0.4, 0.5) is 5.13 Å². The van der Waals surface area contributed by atoms with Crippen LogP contribution in [0.5, 0.6) is 5.75 Å². The number of hydrogen-bond acceptors (Lipinski definition) is 6. The highest BCUT2D eigenvalue weighted by atomic mass is 32.1. The van der Waals surface area contributed by atoms with Crippen molar-refractivity contribution in [3.8, 4) is 5.75 Å². The second kappa shape index (κ2) is 6.79. The quantitative estimate of drug-likeness (QED) is 0.858. The van der Waals surface area contributed by atoms with Gasteiger partial charge in [-0.05, 0) is 12.1 Å². The van der Waals surface area contributed by atoms with Gasteiger partial charge in [0.1, 0.15) is 5.75 Å². The normalized spacial score (nSPS) is 16.3. The molecule has 0 saturated heterocycles. The van der Waals surface area contributed by atoms with Gasteiger partial charge in [0.2, 0.25) is 0 Å². The molecule has 2 aromatic rings. The molecular weight excluding hydrogens is 332 g/mol. The Morgan fingerprint density at radius 2 is 2.04 bits per heavy atom. The highest BCUT2D eigenvalue weighted by Gasteiger charge is 2.33. The molecule has 7 nitrogen and oxygen atoms in total. The lowest BCUT2D eigenvalue weighted by atomic mass is 9.90. The number of ether oxygens (including phenoxy) is 1. The summed E-state index contributed by atoms with van der Waals surface area (Å²) in [7, 11) is 0. The maximum absolute atomic E-state index is 12.0. The average molecular weight is 346 g/mol. The molecule has 124 valence electrons. The lowest BCUT2D eigenvalue weighted by Crippen LogP contribution is -2.25. The van der Waals surface area contributed by atoms with Crippen LogP contribution in [0.25, 0.3) is 0 Å². The molecule has 0 bridgehead atoms. The number of ketones is 1. The summed E-state index contributed by atoms with van der Waals surface area (Å²) < 4.78 is 5.33. The number of carbonyl (C=O) groups excluding carboxylic acids is 2. The summed E-state index contributed by atoms with van der Waals surface area (Å²) in [6.45, 7) is -0.181. The first-order valence-electron chi connectivity index (χ1n) is 7.26. The van der Waals surface area contributed by atoms with E-state index in [4.69, 9.17) is 9.84 Å². The number of para-hydroxylation sites is 1. The average Bonchev–Trinajstić information content (AvgIpc) is 2.97. The number of amides is 1. The van der Waals surface area contributed by atoms with Gasteiger partial charge >= 0.3 is 5.97 Å². The van der Waals surface area contributed by atoms with E-state index < -0.39 is 17.8 Å². The van der Waals surface area contributed by atoms with Crippen molar-refractivity contribution in [3.05, 3.63) is 40.9 Å². The number of Topliss-reactive ketones (excluding diaryl/α,β-unsaturated/α-hetero) is 1. The molecule has 0 aliphatic heterocycles. The fourth-order valence-corrected chi connectivity index (χ4v) is 3.34. The minimum absolute atomic E-state index is 0.0327. The van der Waals surface area contributed by atoms with Crippen LogP contribution in [0.3, 0.4) is 0 Å². The van der Waals surface area contributed by atoms with Crippen LogP contribution in [0.1, 0.15) is 21.8 Å². The maximum Gasteiger partial charge on any atom is 0.307 e. The molecule has 0 fully saturated rings. The van der Waals surface area contributed by atoms with Crippen LogP contribution >= 0.6 is 11.3 Å². The van der Waals surface area contributed by atoms with Crippen LogP contribution in [-0.2, 0) is 16.0 Å². The van der Waals surface area contributed by atoms with Crippen LogP contribution in [0.15, 0.2) is 30.3 Å². The van der Waals surface area contributed by atoms with Crippen molar-refractivity contribution in [2.45, 2.75) is 12.8 Å². The minimum Gasteiger partial charge on any atom is -0.484 e. The zero-order valence-electron chi connectivity index (χ0n) is 12.5. The topological polar surface area (TPSA) is 106 Å². The highest BCUT2D eigenvalue weighted by Crippen LogP contribution is 2.32. The van der Waals surface area contributed by atoms with E-state index in [1.165, 1.54) is 0 Å². The summed E-state index contributed by atoms with van der Waals surface area (Å²) in [4.78, 5) is 39.5. The van der Waals surface area contributed by atoms with Gasteiger partial charge in [0.15, 0.2) is 17.5 Å². The van der Waals surface area contributed by atoms with E-state index in [1.807, 2.05) is 6.07 Å². The van der Waals surface area contributed by atoms with Crippen molar-refractivity contribution in [1.82, 2.24) is 4.98 Å². The lowest BCUT2D eigenvalue weighted by Gasteiger charge is -2.15. The number of nitrogens with zero attached hydrogens (tertiary/aromatic N) is 1. The van der Waals surface area contributed by atoms with Gasteiger partial charge in [-0.15, -0.1) is 0 Å². The van der Waals surface area contributed by atoms with Gasteiger partial charge in [-0.3, -0.25) is 19.7 Å². The molecule has 0 unspecified atom stereocenters. The molecule has 1 heterocycles. The van der Waals surface area contributed by atoms with Gasteiger partial charge in [-0.2, -0.15) is 0 Å². The molecule has 0 radical (unpaired) electrons. The van der Waals surface area contributed by atoms with E-state index in [2.05, 4.69) is 10.3 Å². The number of nitrogens with one attached hydrogen (secondary N) is 1. The lowest BCUT2D eigenvalue weighted by molar-refractivity contribution is -0.141. The highest BCUT2D eigenvalue weighted by molar-refractivity contribution is 7.17. The predicted molar refractivity (Wildman–Crippen MR) is 86.5 cm³/mol. The van der Waals surface area contributed by atoms with Gasteiger partial charge in [-0.1, -0.05) is 29.5 Å². The van der Waals surface area contributed by atoms with Gasteiger partial charge < -0.3 is 9.84 Å². The van der Waals surface area contributed by atoms with Crippen molar-refractivity contribution >= 4 is 34.1 Å². The fraction of sp³-hybridized carbons (Fsp3) is 0.250. The largest absolute Gasteiger partial charge is 0.484 e. The first kappa shape index (κ1) is 16.1. The van der Waals surface area contributed by atoms with E-state index in [0.717, 1.165) is 11.3 Å². The van der Waals surface area contributed by atoms with Crippen LogP contribution in [0.2, 0.25) is 0 Å². The summed E-state index contributed by atoms with van der Waals surface area (Å²) in [6.07, 6.45) is 0.165. The first-order chi connectivity index (χ1) is 11.5. The molecule has 24 heavy (non-hydrogen) atoms. The monoisotopic (exact) mass is 346 g/mol. The van der Waals surface area contributed by atoms with E-state index in [-0.39, 0.29) is 30.4 Å². The number of rotatable bonds is 5. The molecule has 0 saturated carbocycles. The Balaban J connectivity index is 1.62. The number of carboxylic acids is 1. The molecule has 1 amide bonds. The van der Waals surface area contributed by atoms with E-state index in [0.29, 0.717) is 16.3 Å². The van der Waals surface area contributed by atoms with Gasteiger partial charge in [-0.25, -0.2) is 4.98 Å². The number of benzene rings is 1. The zero-order valence-corrected chi connectivity index (χ0v) is 13.3. The molecular formula is C16H14N2O5S. The molecule has 1 aliphatic carbocycles. The summed E-state index contributed by atoms with van der Waals surface area (Å²) in [5.74, 6) is -1.83. The number of carboxylic acid groups (broad SMARTS) is 1. The number of hydrogen-bond donors (Lipinski definition) is 2. The molecule has 1 atom stereocenters. The summed E-state index contributed by atoms with van der Waals surface area (Å²) in [5, 5.41) is 11.9. The van der Waals surface area contributed by atoms with E-state index >= 15 is 0 Å². The van der Waals surface area contributed by atoms with E-state index in [1.54, 1.807) is 24.3 Å². The fourth-order valence-electron chi connectivity index (χ4n) is 2.38. The summed E-state index contributed by atoms with van der Waals surface area (Å²) in [5.41, 5.74) is 0.433. The van der Waals surface area contributed by atoms with Crippen molar-refractivity contribution < 1.29 is 24.2 Å². The molecule has 8 heteroatoms. The molecule has 1 aliphatic rings. The number of aliphatic carboxylic acids is 1. The molecule has 2 N–H and O–H groups in total. The van der Waals surface area contributed by atoms with Crippen LogP contribution < -0.4 is 10.1 Å². The van der Waals surface area contributed by atoms with Gasteiger partial charge in [0.25, 0.3) is 5.91 Å². The van der Waals surface area contributed by atoms with Gasteiger partial charge in [0.05, 0.1) is 16.5 Å². The summed E-state index contributed by atoms with van der Waals surface area (Å²) in [6, 6.07) is 8.91. The number of fused-ring (bicyclic) bond motifs is 1. The predicted octanol–water partition coefficient (Wildman–Crippen LogP) is 1.99. The second-order valence-electron chi connectivity index (χ2n) is 5.31. The van der Waals surface area contributed by atoms with Crippen molar-refractivity contribution in [1.29, 1.82) is 0 Å². The molecule has 1 aromatic heterocycles. The number of thiazole rings is 1. The van der Waals surface area contributed by atoms with Crippen molar-refractivity contribution in [2.24, 2.45) is 5.92 Å². The Labute approximate surface area is 141 Å². The third-order valence-corrected chi connectivity index (χ3v) is 4.58. The molecule has 0 spiro atoms. The van der Waals surface area contributed by atoms with Crippen LogP contribution in [-0.4, -0.2) is 34.4 Å². The smallest absolute Gasteiger partial charge is 0.307 e. The van der Waals surface area contributed by atoms with E-state index in [9.17, 15) is 14.4 Å². The Hall–Kier alpha value is -2.74. The second-order valence-corrected chi connectivity index (χ2v) is 6.31. The zero-order chi connectivity index (χ0) is 17.1. The third kappa shape index (κ3) is 3.60. The third-order valence-electron chi connectivity index (χ3n) is 3.53. The number of anilines is 1. The SMILES string of the molecule is O=C(COc1ccccc1)Nc1nc2c(s1)C(=O)C[C@H](C(=O)O)C2. The first-order valence-corrected chi connectivity index (χ1v) is 8.08. The number of carbonyl (C=O) groups is 3. The van der Waals surface area contributed by atoms with Crippen molar-refractivity contribution in [3.63, 3.8) is 0 Å². The number of aromatic nitrogens is 1. The molecule has 1 aromatic carbocycles. The van der Waals surface area contributed by atoms with Crippen LogP contribution in [0, 0.1) is 5.92 Å². The Morgan fingerprint density at radius 1 is 1.29 bits per heavy atom. The standard InChI is InChI=1S/C16H14N2O5S/c19-12-7-9(15(21)22)6-11-14(12)24-16(17-11)18-13(20)8-23-10-4-2-1-3-5-10/h1-5,9H,6-8H2,(H,21,22)(H,17,18,20)/t9-/m1/s1. The van der Waals surface area contributed by atoms with Gasteiger partial charge in [0, 0.05) is 12.8 Å². The summed E-state index contributed by atoms with van der Waals surface area (Å²) >= 11 is 1.07.